The molecule has 5 unspecified atom stereocenters. The predicted molar refractivity (Wildman–Crippen MR) is 151 cm³/mol. The third kappa shape index (κ3) is 7.16. The number of aliphatic hydroxyl groups excluding tert-OH is 1. The van der Waals surface area contributed by atoms with E-state index in [4.69, 9.17) is 28.4 Å². The molecule has 0 amide bonds. The van der Waals surface area contributed by atoms with E-state index in [9.17, 15) is 10.2 Å². The van der Waals surface area contributed by atoms with Crippen molar-refractivity contribution < 1.29 is 38.6 Å². The zero-order valence-corrected chi connectivity index (χ0v) is 23.3. The maximum atomic E-state index is 11.8. The van der Waals surface area contributed by atoms with Gasteiger partial charge in [0.15, 0.2) is 6.29 Å². The van der Waals surface area contributed by atoms with Crippen LogP contribution < -0.4 is 0 Å². The summed E-state index contributed by atoms with van der Waals surface area (Å²) in [5.74, 6) is -1.98. The Morgan fingerprint density at radius 1 is 0.805 bits per heavy atom. The van der Waals surface area contributed by atoms with Gasteiger partial charge in [0.2, 0.25) is 0 Å². The van der Waals surface area contributed by atoms with E-state index in [1.165, 1.54) is 7.11 Å². The number of fused-ring (bicyclic) bond motifs is 1. The number of aliphatic hydroxyl groups is 2. The van der Waals surface area contributed by atoms with E-state index in [1.54, 1.807) is 0 Å². The number of hydrogen-bond acceptors (Lipinski definition) is 8. The van der Waals surface area contributed by atoms with Crippen LogP contribution in [0.1, 0.15) is 29.5 Å². The normalized spacial score (nSPS) is 23.9. The molecule has 0 radical (unpaired) electrons. The minimum absolute atomic E-state index is 0.187. The molecule has 1 heterocycles. The monoisotopic (exact) mass is 562 g/mol. The fraction of sp³-hybridized carbons (Fsp3) is 0.394. The van der Waals surface area contributed by atoms with E-state index in [1.807, 2.05) is 91.0 Å². The molecule has 1 aliphatic heterocycles. The lowest BCUT2D eigenvalue weighted by Crippen LogP contribution is -2.49. The van der Waals surface area contributed by atoms with Crippen LogP contribution in [-0.2, 0) is 48.2 Å². The predicted octanol–water partition coefficient (Wildman–Crippen LogP) is 4.70. The molecular formula is C33H38O8. The van der Waals surface area contributed by atoms with Crippen molar-refractivity contribution >= 4 is 0 Å². The molecule has 0 bridgehead atoms. The first-order valence-corrected chi connectivity index (χ1v) is 14.0. The number of methoxy groups -OCH3 is 1. The molecule has 41 heavy (non-hydrogen) atoms. The lowest BCUT2D eigenvalue weighted by molar-refractivity contribution is -0.261. The van der Waals surface area contributed by atoms with Crippen molar-refractivity contribution in [3.63, 3.8) is 0 Å². The van der Waals surface area contributed by atoms with E-state index >= 15 is 0 Å². The van der Waals surface area contributed by atoms with Gasteiger partial charge in [-0.3, -0.25) is 0 Å². The molecule has 8 nitrogen and oxygen atoms in total. The molecule has 1 fully saturated rings. The van der Waals surface area contributed by atoms with Gasteiger partial charge in [-0.1, -0.05) is 91.0 Å². The smallest absolute Gasteiger partial charge is 0.290 e. The standard InChI is InChI=1S/C33H38O8/c1-36-28(34)18-11-19-38-32-29-31(40-22-26-16-9-4-10-17-26)30(39-21-25-14-7-3-8-15-25)27(33(29,35)41-32)23-37-20-24-12-5-2-6-13-24/h2-10,12-17,27-28,30-31,34-35H,11,18-23H2,1H3. The summed E-state index contributed by atoms with van der Waals surface area (Å²) >= 11 is 0. The molecule has 1 saturated carbocycles. The largest absolute Gasteiger partial charge is 0.465 e. The van der Waals surface area contributed by atoms with Gasteiger partial charge in [0.1, 0.15) is 17.8 Å². The highest BCUT2D eigenvalue weighted by atomic mass is 16.8. The molecule has 2 N–H and O–H groups in total. The summed E-state index contributed by atoms with van der Waals surface area (Å²) in [5.41, 5.74) is 3.56. The summed E-state index contributed by atoms with van der Waals surface area (Å²) in [7, 11) is 1.45. The van der Waals surface area contributed by atoms with Crippen LogP contribution in [0.3, 0.4) is 0 Å². The summed E-state index contributed by atoms with van der Waals surface area (Å²) < 4.78 is 35.8. The zero-order chi connectivity index (χ0) is 28.5. The van der Waals surface area contributed by atoms with Gasteiger partial charge in [-0.2, -0.15) is 0 Å². The molecule has 3 aromatic rings. The summed E-state index contributed by atoms with van der Waals surface area (Å²) in [6.07, 6.45) is -1.09. The Hall–Kier alpha value is -3.24. The van der Waals surface area contributed by atoms with Gasteiger partial charge in [0.25, 0.3) is 11.7 Å². The zero-order valence-electron chi connectivity index (χ0n) is 23.3. The second-order valence-electron chi connectivity index (χ2n) is 10.3. The van der Waals surface area contributed by atoms with Gasteiger partial charge in [0.05, 0.1) is 39.0 Å². The Balaban J connectivity index is 1.37. The molecule has 0 spiro atoms. The second-order valence-corrected chi connectivity index (χ2v) is 10.3. The summed E-state index contributed by atoms with van der Waals surface area (Å²) in [6, 6.07) is 29.6. The highest BCUT2D eigenvalue weighted by molar-refractivity contribution is 5.37. The van der Waals surface area contributed by atoms with Gasteiger partial charge < -0.3 is 38.6 Å². The number of benzene rings is 3. The highest BCUT2D eigenvalue weighted by Gasteiger charge is 2.68. The lowest BCUT2D eigenvalue weighted by Gasteiger charge is -2.40. The average molecular weight is 563 g/mol. The van der Waals surface area contributed by atoms with Crippen molar-refractivity contribution in [2.45, 2.75) is 56.9 Å². The molecule has 5 atom stereocenters. The minimum Gasteiger partial charge on any atom is -0.465 e. The summed E-state index contributed by atoms with van der Waals surface area (Å²) in [6.45, 7) is 1.51. The Kier molecular flexibility index (Phi) is 10.1. The molecule has 8 heteroatoms. The fourth-order valence-corrected chi connectivity index (χ4v) is 5.19. The summed E-state index contributed by atoms with van der Waals surface area (Å²) in [5, 5.41) is 21.5. The lowest BCUT2D eigenvalue weighted by atomic mass is 9.97. The third-order valence-corrected chi connectivity index (χ3v) is 7.40. The maximum absolute atomic E-state index is 11.8. The van der Waals surface area contributed by atoms with Crippen LogP contribution in [0.25, 0.3) is 0 Å². The quantitative estimate of drug-likeness (QED) is 0.192. The van der Waals surface area contributed by atoms with Crippen molar-refractivity contribution in [2.24, 2.45) is 5.92 Å². The van der Waals surface area contributed by atoms with E-state index in [0.717, 1.165) is 16.7 Å². The minimum atomic E-state index is -1.65. The van der Waals surface area contributed by atoms with Crippen LogP contribution in [0.2, 0.25) is 0 Å². The molecule has 5 rings (SSSR count). The molecule has 3 aromatic carbocycles. The van der Waals surface area contributed by atoms with E-state index < -0.39 is 30.2 Å². The molecule has 0 saturated heterocycles. The first-order valence-electron chi connectivity index (χ1n) is 14.0. The molecule has 218 valence electrons. The number of hydrogen-bond donors (Lipinski definition) is 2. The van der Waals surface area contributed by atoms with E-state index in [-0.39, 0.29) is 19.2 Å². The molecular weight excluding hydrogens is 524 g/mol. The van der Waals surface area contributed by atoms with Crippen LogP contribution in [-0.4, -0.2) is 54.8 Å². The summed E-state index contributed by atoms with van der Waals surface area (Å²) in [4.78, 5) is 0. The topological polar surface area (TPSA) is 95.8 Å². The SMILES string of the molecule is COC(O)CCCOC1=C2C(OCc3ccccc3)C(OCc3ccccc3)C(COCc3ccccc3)C2(O)O1. The number of ether oxygens (including phenoxy) is 6. The molecule has 0 aromatic heterocycles. The Bertz CT molecular complexity index is 1240. The third-order valence-electron chi connectivity index (χ3n) is 7.40. The van der Waals surface area contributed by atoms with Gasteiger partial charge in [-0.05, 0) is 23.1 Å². The van der Waals surface area contributed by atoms with E-state index in [2.05, 4.69) is 0 Å². The van der Waals surface area contributed by atoms with Crippen LogP contribution in [0.5, 0.6) is 0 Å². The van der Waals surface area contributed by atoms with Gasteiger partial charge in [0, 0.05) is 13.5 Å². The van der Waals surface area contributed by atoms with Crippen LogP contribution in [0, 0.1) is 5.92 Å². The van der Waals surface area contributed by atoms with Crippen molar-refractivity contribution in [3.05, 3.63) is 119 Å². The maximum Gasteiger partial charge on any atom is 0.290 e. The van der Waals surface area contributed by atoms with Crippen molar-refractivity contribution in [3.8, 4) is 0 Å². The van der Waals surface area contributed by atoms with Gasteiger partial charge in [-0.25, -0.2) is 0 Å². The van der Waals surface area contributed by atoms with E-state index in [0.29, 0.717) is 38.2 Å². The fourth-order valence-electron chi connectivity index (χ4n) is 5.19. The first-order chi connectivity index (χ1) is 20.1. The molecule has 1 aliphatic carbocycles. The Morgan fingerprint density at radius 2 is 1.37 bits per heavy atom. The van der Waals surface area contributed by atoms with Gasteiger partial charge in [-0.15, -0.1) is 0 Å². The van der Waals surface area contributed by atoms with Crippen molar-refractivity contribution in [1.82, 2.24) is 0 Å². The van der Waals surface area contributed by atoms with Crippen LogP contribution in [0.4, 0.5) is 0 Å². The Labute approximate surface area is 241 Å². The molecule has 2 aliphatic rings. The van der Waals surface area contributed by atoms with Crippen LogP contribution in [0.15, 0.2) is 103 Å². The first kappa shape index (κ1) is 29.3. The Morgan fingerprint density at radius 3 is 1.95 bits per heavy atom. The average Bonchev–Trinajstić information content (AvgIpc) is 3.18. The van der Waals surface area contributed by atoms with Crippen molar-refractivity contribution in [1.29, 1.82) is 0 Å². The second kappa shape index (κ2) is 14.1. The van der Waals surface area contributed by atoms with Gasteiger partial charge >= 0.3 is 0 Å². The number of rotatable bonds is 16. The van der Waals surface area contributed by atoms with Crippen molar-refractivity contribution in [2.75, 3.05) is 20.3 Å². The van der Waals surface area contributed by atoms with Crippen LogP contribution >= 0.6 is 0 Å². The highest BCUT2D eigenvalue weighted by Crippen LogP contribution is 2.54.